The van der Waals surface area contributed by atoms with Crippen molar-refractivity contribution in [3.63, 3.8) is 0 Å². The van der Waals surface area contributed by atoms with Crippen molar-refractivity contribution in [2.75, 3.05) is 11.9 Å². The van der Waals surface area contributed by atoms with E-state index in [1.54, 1.807) is 25.1 Å². The molecule has 0 saturated heterocycles. The van der Waals surface area contributed by atoms with Gasteiger partial charge < -0.3 is 10.1 Å². The quantitative estimate of drug-likeness (QED) is 0.887. The summed E-state index contributed by atoms with van der Waals surface area (Å²) in [6.45, 7) is 2.14. The van der Waals surface area contributed by atoms with E-state index in [0.717, 1.165) is 10.8 Å². The van der Waals surface area contributed by atoms with E-state index in [1.165, 1.54) is 6.07 Å². The molecule has 7 heteroatoms. The van der Waals surface area contributed by atoms with Gasteiger partial charge in [0.1, 0.15) is 12.5 Å². The number of ether oxygens (including phenoxy) is 1. The summed E-state index contributed by atoms with van der Waals surface area (Å²) >= 11 is 0. The molecule has 0 bridgehead atoms. The summed E-state index contributed by atoms with van der Waals surface area (Å²) in [6.07, 6.45) is 1.01. The lowest BCUT2D eigenvalue weighted by Crippen LogP contribution is -2.26. The van der Waals surface area contributed by atoms with Gasteiger partial charge in [0.15, 0.2) is 11.6 Å². The van der Waals surface area contributed by atoms with E-state index in [1.807, 2.05) is 0 Å². The fraction of sp³-hybridized carbons (Fsp3) is 0.286. The van der Waals surface area contributed by atoms with Crippen LogP contribution in [-0.2, 0) is 18.0 Å². The summed E-state index contributed by atoms with van der Waals surface area (Å²) < 4.78 is 33.3. The van der Waals surface area contributed by atoms with E-state index in [4.69, 9.17) is 4.74 Å². The van der Waals surface area contributed by atoms with Gasteiger partial charge in [-0.1, -0.05) is 18.2 Å². The Bertz CT molecular complexity index is 674. The molecule has 0 radical (unpaired) electrons. The Morgan fingerprint density at radius 2 is 2.05 bits per heavy atom. The van der Waals surface area contributed by atoms with E-state index < -0.39 is 17.3 Å². The van der Waals surface area contributed by atoms with Crippen LogP contribution in [0.1, 0.15) is 12.5 Å². The summed E-state index contributed by atoms with van der Waals surface area (Å²) in [4.78, 5) is 15.3. The van der Waals surface area contributed by atoms with Crippen molar-refractivity contribution in [2.45, 2.75) is 20.2 Å². The zero-order valence-electron chi connectivity index (χ0n) is 11.5. The van der Waals surface area contributed by atoms with Crippen molar-refractivity contribution in [3.8, 4) is 0 Å². The Morgan fingerprint density at radius 3 is 2.76 bits per heavy atom. The van der Waals surface area contributed by atoms with Gasteiger partial charge in [0.05, 0.1) is 6.20 Å². The minimum atomic E-state index is -0.703. The highest BCUT2D eigenvalue weighted by Gasteiger charge is 2.09. The van der Waals surface area contributed by atoms with Gasteiger partial charge in [-0.15, -0.1) is 0 Å². The van der Waals surface area contributed by atoms with Gasteiger partial charge in [0, 0.05) is 18.7 Å². The Labute approximate surface area is 120 Å². The van der Waals surface area contributed by atoms with E-state index in [0.29, 0.717) is 12.2 Å². The number of aromatic nitrogens is 2. The first-order chi connectivity index (χ1) is 10.1. The largest absolute Gasteiger partial charge is 0.363 e. The van der Waals surface area contributed by atoms with Crippen LogP contribution in [0, 0.1) is 11.6 Å². The monoisotopic (exact) mass is 295 g/mol. The Morgan fingerprint density at radius 1 is 1.29 bits per heavy atom. The average molecular weight is 295 g/mol. The van der Waals surface area contributed by atoms with Crippen LogP contribution in [0.3, 0.4) is 0 Å². The highest BCUT2D eigenvalue weighted by molar-refractivity contribution is 5.35. The van der Waals surface area contributed by atoms with Crippen molar-refractivity contribution >= 4 is 5.82 Å². The molecule has 0 unspecified atom stereocenters. The van der Waals surface area contributed by atoms with Crippen LogP contribution >= 0.6 is 0 Å². The second-order valence-corrected chi connectivity index (χ2v) is 4.26. The predicted molar refractivity (Wildman–Crippen MR) is 73.8 cm³/mol. The van der Waals surface area contributed by atoms with Gasteiger partial charge in [-0.2, -0.15) is 4.98 Å². The van der Waals surface area contributed by atoms with Crippen LogP contribution in [0.5, 0.6) is 0 Å². The maximum atomic E-state index is 13.8. The van der Waals surface area contributed by atoms with Crippen molar-refractivity contribution in [1.82, 2.24) is 9.55 Å². The molecule has 0 atom stereocenters. The third-order valence-corrected chi connectivity index (χ3v) is 2.79. The molecule has 2 rings (SSSR count). The molecule has 2 aromatic rings. The minimum absolute atomic E-state index is 0.0332. The van der Waals surface area contributed by atoms with Crippen molar-refractivity contribution in [3.05, 3.63) is 58.1 Å². The maximum Gasteiger partial charge on any atom is 0.351 e. The van der Waals surface area contributed by atoms with Crippen molar-refractivity contribution in [2.24, 2.45) is 0 Å². The van der Waals surface area contributed by atoms with Gasteiger partial charge in [0.25, 0.3) is 0 Å². The van der Waals surface area contributed by atoms with E-state index in [9.17, 15) is 13.6 Å². The number of benzene rings is 1. The van der Waals surface area contributed by atoms with E-state index in [-0.39, 0.29) is 19.1 Å². The van der Waals surface area contributed by atoms with Gasteiger partial charge in [-0.25, -0.2) is 13.6 Å². The molecule has 0 fully saturated rings. The number of halogens is 2. The highest BCUT2D eigenvalue weighted by Crippen LogP contribution is 2.11. The van der Waals surface area contributed by atoms with Crippen LogP contribution in [0.25, 0.3) is 0 Å². The first-order valence-electron chi connectivity index (χ1n) is 6.43. The second kappa shape index (κ2) is 6.94. The van der Waals surface area contributed by atoms with E-state index in [2.05, 4.69) is 10.3 Å². The van der Waals surface area contributed by atoms with Gasteiger partial charge in [-0.3, -0.25) is 4.57 Å². The number of hydrogen-bond donors (Lipinski definition) is 1. The lowest BCUT2D eigenvalue weighted by Gasteiger charge is -2.10. The van der Waals surface area contributed by atoms with Crippen LogP contribution in [0.2, 0.25) is 0 Å². The fourth-order valence-electron chi connectivity index (χ4n) is 1.69. The minimum Gasteiger partial charge on any atom is -0.363 e. The van der Waals surface area contributed by atoms with Gasteiger partial charge >= 0.3 is 5.69 Å². The Balaban J connectivity index is 2.12. The molecule has 1 aromatic carbocycles. The number of anilines is 1. The molecular formula is C14H15F2N3O2. The third kappa shape index (κ3) is 3.85. The zero-order chi connectivity index (χ0) is 15.2. The molecule has 0 amide bonds. The molecule has 0 aliphatic rings. The molecule has 1 heterocycles. The van der Waals surface area contributed by atoms with Gasteiger partial charge in [0.2, 0.25) is 0 Å². The lowest BCUT2D eigenvalue weighted by atomic mass is 10.2. The first kappa shape index (κ1) is 15.1. The molecule has 1 N–H and O–H groups in total. The average Bonchev–Trinajstić information content (AvgIpc) is 2.47. The lowest BCUT2D eigenvalue weighted by molar-refractivity contribution is 0.0836. The number of nitrogens with one attached hydrogen (secondary N) is 1. The molecule has 0 spiro atoms. The molecular weight excluding hydrogens is 280 g/mol. The highest BCUT2D eigenvalue weighted by atomic mass is 19.1. The molecule has 0 saturated carbocycles. The molecule has 0 aliphatic carbocycles. The summed E-state index contributed by atoms with van der Waals surface area (Å²) in [5, 5.41) is 2.61. The van der Waals surface area contributed by atoms with Crippen LogP contribution < -0.4 is 11.0 Å². The molecule has 0 aliphatic heterocycles. The molecule has 5 nitrogen and oxygen atoms in total. The molecule has 112 valence electrons. The summed E-state index contributed by atoms with van der Waals surface area (Å²) in [7, 11) is 0. The fourth-order valence-corrected chi connectivity index (χ4v) is 1.69. The van der Waals surface area contributed by atoms with E-state index >= 15 is 0 Å². The standard InChI is InChI=1S/C14H15F2N3O2/c1-2-21-9-19-8-12(16)13(18-14(19)20)17-7-10-5-3-4-6-11(10)15/h3-6,8H,2,7,9H2,1H3,(H,17,18,20). The second-order valence-electron chi connectivity index (χ2n) is 4.26. The topological polar surface area (TPSA) is 56.1 Å². The van der Waals surface area contributed by atoms with Gasteiger partial charge in [-0.05, 0) is 13.0 Å². The van der Waals surface area contributed by atoms with Crippen molar-refractivity contribution < 1.29 is 13.5 Å². The SMILES string of the molecule is CCOCn1cc(F)c(NCc2ccccc2F)nc1=O. The third-order valence-electron chi connectivity index (χ3n) is 2.79. The maximum absolute atomic E-state index is 13.8. The van der Waals surface area contributed by atoms with Crippen LogP contribution in [-0.4, -0.2) is 16.2 Å². The number of hydrogen-bond acceptors (Lipinski definition) is 4. The predicted octanol–water partition coefficient (Wildman–Crippen LogP) is 2.13. The summed E-state index contributed by atoms with van der Waals surface area (Å²) in [5.74, 6) is -1.32. The first-order valence-corrected chi connectivity index (χ1v) is 6.43. The Hall–Kier alpha value is -2.28. The summed E-state index contributed by atoms with van der Waals surface area (Å²) in [6, 6.07) is 6.11. The smallest absolute Gasteiger partial charge is 0.351 e. The van der Waals surface area contributed by atoms with Crippen molar-refractivity contribution in [1.29, 1.82) is 0 Å². The summed E-state index contributed by atoms with van der Waals surface area (Å²) in [5.41, 5.74) is -0.280. The number of nitrogens with zero attached hydrogens (tertiary/aromatic N) is 2. The van der Waals surface area contributed by atoms with Crippen LogP contribution in [0.15, 0.2) is 35.3 Å². The molecule has 21 heavy (non-hydrogen) atoms. The van der Waals surface area contributed by atoms with Crippen LogP contribution in [0.4, 0.5) is 14.6 Å². The number of rotatable bonds is 6. The Kier molecular flexibility index (Phi) is 4.99. The zero-order valence-corrected chi connectivity index (χ0v) is 11.5. The normalized spacial score (nSPS) is 10.6. The molecule has 1 aromatic heterocycles.